The molecule has 3 atom stereocenters. The Morgan fingerprint density at radius 2 is 2.14 bits per heavy atom. The van der Waals surface area contributed by atoms with Crippen molar-refractivity contribution in [3.8, 4) is 0 Å². The highest BCUT2D eigenvalue weighted by molar-refractivity contribution is 5.95. The van der Waals surface area contributed by atoms with E-state index < -0.39 is 0 Å². The quantitative estimate of drug-likeness (QED) is 0.898. The van der Waals surface area contributed by atoms with Gasteiger partial charge >= 0.3 is 0 Å². The molecule has 0 aliphatic carbocycles. The van der Waals surface area contributed by atoms with Gasteiger partial charge in [-0.3, -0.25) is 9.69 Å². The second-order valence-corrected chi connectivity index (χ2v) is 6.31. The van der Waals surface area contributed by atoms with E-state index in [2.05, 4.69) is 23.2 Å². The van der Waals surface area contributed by atoms with Gasteiger partial charge in [0.2, 0.25) is 5.91 Å². The number of β-amino-alcohol motifs (C(OH)–C–C–N with tert-alkyl or cyclic N) is 1. The van der Waals surface area contributed by atoms with E-state index in [1.54, 1.807) is 0 Å². The molecule has 1 aliphatic rings. The molecule has 1 heterocycles. The van der Waals surface area contributed by atoms with Crippen molar-refractivity contribution in [2.75, 3.05) is 18.4 Å². The van der Waals surface area contributed by atoms with Crippen LogP contribution in [0, 0.1) is 19.8 Å². The highest BCUT2D eigenvalue weighted by Crippen LogP contribution is 2.21. The molecule has 2 rings (SSSR count). The average molecular weight is 290 g/mol. The summed E-state index contributed by atoms with van der Waals surface area (Å²) >= 11 is 0. The van der Waals surface area contributed by atoms with E-state index in [1.165, 1.54) is 5.56 Å². The molecule has 1 amide bonds. The van der Waals surface area contributed by atoms with Gasteiger partial charge in [0.25, 0.3) is 0 Å². The number of carbonyl (C=O) groups excluding carboxylic acids is 1. The van der Waals surface area contributed by atoms with E-state index in [0.29, 0.717) is 12.5 Å². The van der Waals surface area contributed by atoms with Crippen LogP contribution in [0.25, 0.3) is 0 Å². The first-order valence-corrected chi connectivity index (χ1v) is 7.68. The lowest BCUT2D eigenvalue weighted by molar-refractivity contribution is -0.122. The molecule has 2 N–H and O–H groups in total. The van der Waals surface area contributed by atoms with Gasteiger partial charge in [0.15, 0.2) is 0 Å². The van der Waals surface area contributed by atoms with Crippen LogP contribution in [0.3, 0.4) is 0 Å². The number of carbonyl (C=O) groups is 1. The Hall–Kier alpha value is -1.39. The van der Waals surface area contributed by atoms with Gasteiger partial charge in [-0.1, -0.05) is 24.6 Å². The van der Waals surface area contributed by atoms with E-state index in [0.717, 1.165) is 24.2 Å². The lowest BCUT2D eigenvalue weighted by Crippen LogP contribution is -2.50. The summed E-state index contributed by atoms with van der Waals surface area (Å²) in [5, 5.41) is 13.0. The summed E-state index contributed by atoms with van der Waals surface area (Å²) in [5.74, 6) is 0.305. The molecule has 0 bridgehead atoms. The number of nitrogens with zero attached hydrogens (tertiary/aromatic N) is 1. The number of amides is 1. The van der Waals surface area contributed by atoms with Gasteiger partial charge in [0.1, 0.15) is 0 Å². The van der Waals surface area contributed by atoms with Crippen molar-refractivity contribution in [2.45, 2.75) is 46.3 Å². The van der Waals surface area contributed by atoms with Crippen molar-refractivity contribution >= 4 is 11.6 Å². The summed E-state index contributed by atoms with van der Waals surface area (Å²) < 4.78 is 0. The Bertz CT molecular complexity index is 516. The molecule has 1 aliphatic heterocycles. The molecule has 4 nitrogen and oxygen atoms in total. The molecule has 21 heavy (non-hydrogen) atoms. The minimum atomic E-state index is -0.338. The van der Waals surface area contributed by atoms with E-state index in [1.807, 2.05) is 32.9 Å². The number of aliphatic hydroxyl groups is 1. The number of piperidine rings is 1. The topological polar surface area (TPSA) is 52.6 Å². The number of hydrogen-bond acceptors (Lipinski definition) is 3. The maximum Gasteiger partial charge on any atom is 0.241 e. The largest absolute Gasteiger partial charge is 0.392 e. The predicted molar refractivity (Wildman–Crippen MR) is 85.4 cm³/mol. The van der Waals surface area contributed by atoms with Crippen molar-refractivity contribution in [3.63, 3.8) is 0 Å². The lowest BCUT2D eigenvalue weighted by atomic mass is 9.95. The first kappa shape index (κ1) is 16.0. The molecule has 4 heteroatoms. The van der Waals surface area contributed by atoms with Gasteiger partial charge in [-0.2, -0.15) is 0 Å². The molecular formula is C17H26N2O2. The molecule has 3 unspecified atom stereocenters. The Morgan fingerprint density at radius 1 is 1.43 bits per heavy atom. The molecule has 0 aromatic heterocycles. The van der Waals surface area contributed by atoms with Crippen LogP contribution in [0.15, 0.2) is 18.2 Å². The molecule has 116 valence electrons. The summed E-state index contributed by atoms with van der Waals surface area (Å²) in [4.78, 5) is 14.5. The number of likely N-dealkylation sites (tertiary alicyclic amines) is 1. The van der Waals surface area contributed by atoms with E-state index >= 15 is 0 Å². The van der Waals surface area contributed by atoms with Crippen molar-refractivity contribution in [2.24, 2.45) is 5.92 Å². The molecule has 1 aromatic rings. The Kier molecular flexibility index (Phi) is 5.01. The van der Waals surface area contributed by atoms with Gasteiger partial charge in [-0.15, -0.1) is 0 Å². The third kappa shape index (κ3) is 3.83. The summed E-state index contributed by atoms with van der Waals surface area (Å²) in [6.45, 7) is 9.43. The first-order valence-electron chi connectivity index (χ1n) is 7.68. The fourth-order valence-corrected chi connectivity index (χ4v) is 2.78. The van der Waals surface area contributed by atoms with Crippen molar-refractivity contribution in [1.82, 2.24) is 4.90 Å². The third-order valence-electron chi connectivity index (χ3n) is 4.52. The molecule has 1 saturated heterocycles. The number of aryl methyl sites for hydroxylation is 2. The van der Waals surface area contributed by atoms with Crippen LogP contribution in [-0.4, -0.2) is 41.1 Å². The number of benzene rings is 1. The minimum Gasteiger partial charge on any atom is -0.392 e. The van der Waals surface area contributed by atoms with E-state index in [4.69, 9.17) is 0 Å². The summed E-state index contributed by atoms with van der Waals surface area (Å²) in [6.07, 6.45) is 0.595. The second-order valence-electron chi connectivity index (χ2n) is 6.31. The van der Waals surface area contributed by atoms with Crippen LogP contribution in [0.2, 0.25) is 0 Å². The third-order valence-corrected chi connectivity index (χ3v) is 4.52. The fourth-order valence-electron chi connectivity index (χ4n) is 2.78. The van der Waals surface area contributed by atoms with Gasteiger partial charge in [-0.05, 0) is 51.3 Å². The maximum absolute atomic E-state index is 12.4. The normalized spacial score (nSPS) is 24.6. The number of rotatable bonds is 3. The molecule has 0 radical (unpaired) electrons. The predicted octanol–water partition coefficient (Wildman–Crippen LogP) is 2.33. The van der Waals surface area contributed by atoms with Gasteiger partial charge in [-0.25, -0.2) is 0 Å². The highest BCUT2D eigenvalue weighted by Gasteiger charge is 2.30. The maximum atomic E-state index is 12.4. The zero-order valence-electron chi connectivity index (χ0n) is 13.4. The lowest BCUT2D eigenvalue weighted by Gasteiger charge is -2.37. The Morgan fingerprint density at radius 3 is 2.76 bits per heavy atom. The molecule has 1 aromatic carbocycles. The van der Waals surface area contributed by atoms with Crippen LogP contribution in [0.5, 0.6) is 0 Å². The van der Waals surface area contributed by atoms with Crippen LogP contribution in [0.1, 0.15) is 31.4 Å². The number of nitrogens with one attached hydrogen (secondary N) is 1. The van der Waals surface area contributed by atoms with Crippen LogP contribution >= 0.6 is 0 Å². The standard InChI is InChI=1S/C17H26N2O2/c1-11-5-6-15(13(3)9-11)18-17(21)14(4)19-8-7-12(2)16(20)10-19/h5-6,9,12,14,16,20H,7-8,10H2,1-4H3,(H,18,21). The van der Waals surface area contributed by atoms with Crippen LogP contribution in [0.4, 0.5) is 5.69 Å². The van der Waals surface area contributed by atoms with Gasteiger partial charge in [0.05, 0.1) is 12.1 Å². The minimum absolute atomic E-state index is 0.0105. The van der Waals surface area contributed by atoms with Crippen molar-refractivity contribution in [1.29, 1.82) is 0 Å². The number of anilines is 1. The monoisotopic (exact) mass is 290 g/mol. The summed E-state index contributed by atoms with van der Waals surface area (Å²) in [6, 6.07) is 5.78. The van der Waals surface area contributed by atoms with Crippen molar-refractivity contribution < 1.29 is 9.90 Å². The van der Waals surface area contributed by atoms with E-state index in [-0.39, 0.29) is 18.1 Å². The zero-order valence-corrected chi connectivity index (χ0v) is 13.4. The fraction of sp³-hybridized carbons (Fsp3) is 0.588. The number of aliphatic hydroxyl groups excluding tert-OH is 1. The smallest absolute Gasteiger partial charge is 0.241 e. The molecule has 1 fully saturated rings. The Balaban J connectivity index is 1.99. The highest BCUT2D eigenvalue weighted by atomic mass is 16.3. The van der Waals surface area contributed by atoms with Gasteiger partial charge < -0.3 is 10.4 Å². The summed E-state index contributed by atoms with van der Waals surface area (Å²) in [5.41, 5.74) is 3.12. The molecule has 0 spiro atoms. The van der Waals surface area contributed by atoms with Crippen LogP contribution < -0.4 is 5.32 Å². The van der Waals surface area contributed by atoms with Gasteiger partial charge in [0, 0.05) is 12.2 Å². The average Bonchev–Trinajstić information content (AvgIpc) is 2.44. The Labute approximate surface area is 127 Å². The SMILES string of the molecule is Cc1ccc(NC(=O)C(C)N2CCC(C)C(O)C2)c(C)c1. The number of hydrogen-bond donors (Lipinski definition) is 2. The molecule has 0 saturated carbocycles. The van der Waals surface area contributed by atoms with E-state index in [9.17, 15) is 9.90 Å². The first-order chi connectivity index (χ1) is 9.88. The zero-order chi connectivity index (χ0) is 15.6. The van der Waals surface area contributed by atoms with Crippen LogP contribution in [-0.2, 0) is 4.79 Å². The second kappa shape index (κ2) is 6.58. The van der Waals surface area contributed by atoms with Crippen molar-refractivity contribution in [3.05, 3.63) is 29.3 Å². The molecular weight excluding hydrogens is 264 g/mol. The summed E-state index contributed by atoms with van der Waals surface area (Å²) in [7, 11) is 0.